The van der Waals surface area contributed by atoms with Crippen LogP contribution in [0.4, 0.5) is 0 Å². The first-order valence-electron chi connectivity index (χ1n) is 11.2. The molecule has 0 radical (unpaired) electrons. The Morgan fingerprint density at radius 3 is 2.73 bits per heavy atom. The van der Waals surface area contributed by atoms with Crippen LogP contribution in [0.1, 0.15) is 51.0 Å². The number of carboxylic acids is 1. The van der Waals surface area contributed by atoms with Gasteiger partial charge in [-0.3, -0.25) is 4.79 Å². The molecule has 1 atom stereocenters. The summed E-state index contributed by atoms with van der Waals surface area (Å²) in [5.74, 6) is 0.432. The molecule has 1 unspecified atom stereocenters. The predicted molar refractivity (Wildman–Crippen MR) is 121 cm³/mol. The summed E-state index contributed by atoms with van der Waals surface area (Å²) < 4.78 is 6.33. The second-order valence-corrected chi connectivity index (χ2v) is 8.57. The third-order valence-corrected chi connectivity index (χ3v) is 6.43. The number of ether oxygens (including phenoxy) is 1. The Morgan fingerprint density at radius 2 is 1.97 bits per heavy atom. The molecular formula is C26H31NO3. The van der Waals surface area contributed by atoms with Crippen molar-refractivity contribution in [3.05, 3.63) is 54.2 Å². The molecule has 2 N–H and O–H groups in total. The summed E-state index contributed by atoms with van der Waals surface area (Å²) in [5, 5.41) is 10.6. The zero-order valence-corrected chi connectivity index (χ0v) is 17.7. The third-order valence-electron chi connectivity index (χ3n) is 6.43. The van der Waals surface area contributed by atoms with Gasteiger partial charge < -0.3 is 14.8 Å². The van der Waals surface area contributed by atoms with Crippen molar-refractivity contribution in [1.82, 2.24) is 4.98 Å². The largest absolute Gasteiger partial charge is 0.493 e. The molecule has 1 saturated carbocycles. The molecule has 3 aromatic rings. The Hall–Kier alpha value is -2.75. The van der Waals surface area contributed by atoms with Crippen molar-refractivity contribution in [3.8, 4) is 16.9 Å². The molecule has 1 heterocycles. The SMILES string of the molecule is CCC(Cc1ccc(OCC2CCCCC2)c(-c2ccc3[nH]ccc3c2)c1)C(=O)O. The molecule has 1 aliphatic rings. The summed E-state index contributed by atoms with van der Waals surface area (Å²) in [6.07, 6.45) is 9.56. The van der Waals surface area contributed by atoms with Crippen molar-refractivity contribution in [2.75, 3.05) is 6.61 Å². The van der Waals surface area contributed by atoms with Gasteiger partial charge in [-0.25, -0.2) is 0 Å². The lowest BCUT2D eigenvalue weighted by Crippen LogP contribution is -2.16. The Bertz CT molecular complexity index is 1000. The molecular weight excluding hydrogens is 374 g/mol. The van der Waals surface area contributed by atoms with Gasteiger partial charge in [0.15, 0.2) is 0 Å². The standard InChI is InChI=1S/C26H31NO3/c1-2-20(26(28)29)14-19-8-11-25(30-17-18-6-4-3-5-7-18)23(15-19)21-9-10-24-22(16-21)12-13-27-24/h8-13,15-16,18,20,27H,2-7,14,17H2,1H3,(H,28,29). The third kappa shape index (κ3) is 4.69. The van der Waals surface area contributed by atoms with Gasteiger partial charge in [-0.1, -0.05) is 38.3 Å². The van der Waals surface area contributed by atoms with E-state index in [1.165, 1.54) is 32.1 Å². The lowest BCUT2D eigenvalue weighted by atomic mass is 9.90. The summed E-state index contributed by atoms with van der Waals surface area (Å²) >= 11 is 0. The van der Waals surface area contributed by atoms with Crippen LogP contribution in [0.15, 0.2) is 48.7 Å². The van der Waals surface area contributed by atoms with E-state index in [-0.39, 0.29) is 5.92 Å². The molecule has 4 rings (SSSR count). The zero-order valence-electron chi connectivity index (χ0n) is 17.7. The molecule has 0 saturated heterocycles. The van der Waals surface area contributed by atoms with E-state index in [2.05, 4.69) is 35.3 Å². The molecule has 2 aromatic carbocycles. The number of fused-ring (bicyclic) bond motifs is 1. The highest BCUT2D eigenvalue weighted by atomic mass is 16.5. The van der Waals surface area contributed by atoms with Crippen LogP contribution in [0.25, 0.3) is 22.0 Å². The van der Waals surface area contributed by atoms with E-state index in [1.807, 2.05) is 25.3 Å². The van der Waals surface area contributed by atoms with Crippen molar-refractivity contribution in [2.24, 2.45) is 11.8 Å². The van der Waals surface area contributed by atoms with Gasteiger partial charge in [-0.2, -0.15) is 0 Å². The Morgan fingerprint density at radius 1 is 1.13 bits per heavy atom. The van der Waals surface area contributed by atoms with Crippen LogP contribution in [0.3, 0.4) is 0 Å². The van der Waals surface area contributed by atoms with Crippen LogP contribution < -0.4 is 4.74 Å². The molecule has 1 aliphatic carbocycles. The van der Waals surface area contributed by atoms with E-state index in [9.17, 15) is 9.90 Å². The number of aromatic amines is 1. The fraction of sp³-hybridized carbons (Fsp3) is 0.423. The number of aliphatic carboxylic acids is 1. The number of hydrogen-bond donors (Lipinski definition) is 2. The molecule has 0 amide bonds. The molecule has 4 nitrogen and oxygen atoms in total. The first-order chi connectivity index (χ1) is 14.6. The fourth-order valence-corrected chi connectivity index (χ4v) is 4.53. The van der Waals surface area contributed by atoms with Gasteiger partial charge >= 0.3 is 5.97 Å². The molecule has 4 heteroatoms. The first kappa shape index (κ1) is 20.5. The maximum Gasteiger partial charge on any atom is 0.306 e. The Balaban J connectivity index is 1.64. The number of benzene rings is 2. The molecule has 158 valence electrons. The van der Waals surface area contributed by atoms with Crippen molar-refractivity contribution in [2.45, 2.75) is 51.9 Å². The van der Waals surface area contributed by atoms with E-state index >= 15 is 0 Å². The lowest BCUT2D eigenvalue weighted by Gasteiger charge is -2.23. The molecule has 0 bridgehead atoms. The lowest BCUT2D eigenvalue weighted by molar-refractivity contribution is -0.141. The van der Waals surface area contributed by atoms with Gasteiger partial charge in [-0.05, 0) is 78.4 Å². The van der Waals surface area contributed by atoms with Gasteiger partial charge in [0.05, 0.1) is 12.5 Å². The maximum atomic E-state index is 11.5. The fourth-order valence-electron chi connectivity index (χ4n) is 4.53. The first-order valence-corrected chi connectivity index (χ1v) is 11.2. The van der Waals surface area contributed by atoms with Crippen LogP contribution in [0.2, 0.25) is 0 Å². The number of rotatable bonds is 8. The summed E-state index contributed by atoms with van der Waals surface area (Å²) in [4.78, 5) is 14.8. The zero-order chi connectivity index (χ0) is 20.9. The van der Waals surface area contributed by atoms with E-state index < -0.39 is 5.97 Å². The van der Waals surface area contributed by atoms with Gasteiger partial charge in [0.25, 0.3) is 0 Å². The molecule has 0 spiro atoms. The second kappa shape index (κ2) is 9.38. The topological polar surface area (TPSA) is 62.3 Å². The van der Waals surface area contributed by atoms with E-state index in [4.69, 9.17) is 4.74 Å². The molecule has 30 heavy (non-hydrogen) atoms. The van der Waals surface area contributed by atoms with Gasteiger partial charge in [0.1, 0.15) is 5.75 Å². The van der Waals surface area contributed by atoms with Gasteiger partial charge in [0.2, 0.25) is 0 Å². The number of hydrogen-bond acceptors (Lipinski definition) is 2. The number of carbonyl (C=O) groups is 1. The number of nitrogens with one attached hydrogen (secondary N) is 1. The summed E-state index contributed by atoms with van der Waals surface area (Å²) in [7, 11) is 0. The summed E-state index contributed by atoms with van der Waals surface area (Å²) in [6.45, 7) is 2.69. The highest BCUT2D eigenvalue weighted by Crippen LogP contribution is 2.35. The minimum Gasteiger partial charge on any atom is -0.493 e. The minimum atomic E-state index is -0.731. The van der Waals surface area contributed by atoms with Crippen LogP contribution in [-0.4, -0.2) is 22.7 Å². The van der Waals surface area contributed by atoms with Crippen LogP contribution in [0.5, 0.6) is 5.75 Å². The van der Waals surface area contributed by atoms with Crippen molar-refractivity contribution < 1.29 is 14.6 Å². The van der Waals surface area contributed by atoms with Crippen molar-refractivity contribution >= 4 is 16.9 Å². The quantitative estimate of drug-likeness (QED) is 0.453. The van der Waals surface area contributed by atoms with Crippen LogP contribution in [-0.2, 0) is 11.2 Å². The maximum absolute atomic E-state index is 11.5. The summed E-state index contributed by atoms with van der Waals surface area (Å²) in [6, 6.07) is 14.6. The van der Waals surface area contributed by atoms with Crippen LogP contribution >= 0.6 is 0 Å². The molecule has 0 aliphatic heterocycles. The number of H-pyrrole nitrogens is 1. The van der Waals surface area contributed by atoms with E-state index in [0.717, 1.165) is 39.9 Å². The van der Waals surface area contributed by atoms with Gasteiger partial charge in [0, 0.05) is 17.3 Å². The summed E-state index contributed by atoms with van der Waals surface area (Å²) in [5.41, 5.74) is 4.30. The smallest absolute Gasteiger partial charge is 0.306 e. The van der Waals surface area contributed by atoms with Crippen LogP contribution in [0, 0.1) is 11.8 Å². The molecule has 1 fully saturated rings. The Labute approximate surface area is 178 Å². The second-order valence-electron chi connectivity index (χ2n) is 8.57. The average molecular weight is 406 g/mol. The van der Waals surface area contributed by atoms with Gasteiger partial charge in [-0.15, -0.1) is 0 Å². The van der Waals surface area contributed by atoms with Crippen molar-refractivity contribution in [3.63, 3.8) is 0 Å². The molecule has 1 aromatic heterocycles. The highest BCUT2D eigenvalue weighted by Gasteiger charge is 2.19. The van der Waals surface area contributed by atoms with E-state index in [1.54, 1.807) is 0 Å². The minimum absolute atomic E-state index is 0.362. The van der Waals surface area contributed by atoms with Crippen molar-refractivity contribution in [1.29, 1.82) is 0 Å². The highest BCUT2D eigenvalue weighted by molar-refractivity contribution is 5.86. The average Bonchev–Trinajstić information content (AvgIpc) is 3.24. The van der Waals surface area contributed by atoms with E-state index in [0.29, 0.717) is 18.8 Å². The monoisotopic (exact) mass is 405 g/mol. The predicted octanol–water partition coefficient (Wildman–Crippen LogP) is 6.45. The number of aromatic nitrogens is 1. The number of carboxylic acid groups (broad SMARTS) is 1. The Kier molecular flexibility index (Phi) is 6.41. The normalized spacial score (nSPS) is 15.9.